The van der Waals surface area contributed by atoms with Crippen molar-refractivity contribution >= 4 is 30.8 Å². The molecule has 2 aromatic carbocycles. The van der Waals surface area contributed by atoms with E-state index in [-0.39, 0.29) is 11.6 Å². The first-order chi connectivity index (χ1) is 15.9. The minimum Gasteiger partial charge on any atom is -0.466 e. The van der Waals surface area contributed by atoms with Crippen LogP contribution in [0.15, 0.2) is 72.8 Å². The van der Waals surface area contributed by atoms with E-state index >= 15 is 0 Å². The molecule has 184 valence electrons. The zero-order valence-electron chi connectivity index (χ0n) is 21.3. The standard InChI is InChI=1S/C27H37NO5Si/c1-26(2,3)33-25(30)28-21(18-19-24(29)31-7)20-32-34(27(4,5)6,22-14-10-8-11-15-22)23-16-12-9-13-17-23/h8-19,21H,20H2,1-7H3,(H,28,30)/b19-18+/t21-/m1/s1. The molecule has 0 fully saturated rings. The van der Waals surface area contributed by atoms with Gasteiger partial charge in [0.05, 0.1) is 19.8 Å². The lowest BCUT2D eigenvalue weighted by Gasteiger charge is -2.43. The Balaban J connectivity index is 2.47. The lowest BCUT2D eigenvalue weighted by Crippen LogP contribution is -2.67. The van der Waals surface area contributed by atoms with Gasteiger partial charge in [0.2, 0.25) is 0 Å². The highest BCUT2D eigenvalue weighted by Crippen LogP contribution is 2.36. The van der Waals surface area contributed by atoms with Crippen molar-refractivity contribution in [3.8, 4) is 0 Å². The normalized spacial score (nSPS) is 13.4. The van der Waals surface area contributed by atoms with Gasteiger partial charge in [0.25, 0.3) is 8.32 Å². The van der Waals surface area contributed by atoms with Crippen molar-refractivity contribution in [1.29, 1.82) is 0 Å². The summed E-state index contributed by atoms with van der Waals surface area (Å²) in [4.78, 5) is 24.3. The number of hydrogen-bond acceptors (Lipinski definition) is 5. The number of methoxy groups -OCH3 is 1. The van der Waals surface area contributed by atoms with E-state index in [1.165, 1.54) is 13.2 Å². The number of alkyl carbamates (subject to hydrolysis) is 1. The smallest absolute Gasteiger partial charge is 0.408 e. The molecule has 0 saturated carbocycles. The fourth-order valence-corrected chi connectivity index (χ4v) is 8.43. The molecular formula is C27H37NO5Si. The van der Waals surface area contributed by atoms with Gasteiger partial charge in [-0.1, -0.05) is 87.5 Å². The highest BCUT2D eigenvalue weighted by atomic mass is 28.4. The minimum atomic E-state index is -2.82. The first-order valence-corrected chi connectivity index (χ1v) is 13.3. The second-order valence-electron chi connectivity index (χ2n) is 10.1. The number of benzene rings is 2. The predicted octanol–water partition coefficient (Wildman–Crippen LogP) is 4.19. The molecule has 34 heavy (non-hydrogen) atoms. The van der Waals surface area contributed by atoms with Crippen LogP contribution in [0.25, 0.3) is 0 Å². The largest absolute Gasteiger partial charge is 0.466 e. The zero-order chi connectivity index (χ0) is 25.4. The van der Waals surface area contributed by atoms with Gasteiger partial charge in [0.1, 0.15) is 5.60 Å². The molecule has 0 aliphatic heterocycles. The van der Waals surface area contributed by atoms with Crippen LogP contribution in [0, 0.1) is 0 Å². The van der Waals surface area contributed by atoms with Gasteiger partial charge in [-0.3, -0.25) is 0 Å². The van der Waals surface area contributed by atoms with Crippen LogP contribution in [-0.2, 0) is 18.7 Å². The van der Waals surface area contributed by atoms with Gasteiger partial charge in [0.15, 0.2) is 0 Å². The van der Waals surface area contributed by atoms with Gasteiger partial charge in [0, 0.05) is 6.08 Å². The lowest BCUT2D eigenvalue weighted by molar-refractivity contribution is -0.134. The third-order valence-electron chi connectivity index (χ3n) is 5.26. The van der Waals surface area contributed by atoms with Crippen molar-refractivity contribution in [3.63, 3.8) is 0 Å². The van der Waals surface area contributed by atoms with Crippen molar-refractivity contribution in [2.45, 2.75) is 58.2 Å². The summed E-state index contributed by atoms with van der Waals surface area (Å²) in [6.45, 7) is 12.1. The lowest BCUT2D eigenvalue weighted by atomic mass is 10.2. The second-order valence-corrected chi connectivity index (χ2v) is 14.4. The molecular weight excluding hydrogens is 446 g/mol. The Hall–Kier alpha value is -2.90. The molecule has 1 amide bonds. The third kappa shape index (κ3) is 7.30. The number of esters is 1. The summed E-state index contributed by atoms with van der Waals surface area (Å²) in [5.41, 5.74) is -0.653. The molecule has 0 bridgehead atoms. The Morgan fingerprint density at radius 3 is 1.82 bits per heavy atom. The van der Waals surface area contributed by atoms with Crippen LogP contribution in [0.2, 0.25) is 5.04 Å². The van der Waals surface area contributed by atoms with Crippen LogP contribution in [-0.4, -0.2) is 45.7 Å². The molecule has 2 aromatic rings. The van der Waals surface area contributed by atoms with Crippen LogP contribution in [0.5, 0.6) is 0 Å². The summed E-state index contributed by atoms with van der Waals surface area (Å²) >= 11 is 0. The van der Waals surface area contributed by atoms with Crippen LogP contribution in [0.4, 0.5) is 4.79 Å². The average molecular weight is 484 g/mol. The Morgan fingerprint density at radius 1 is 0.912 bits per heavy atom. The van der Waals surface area contributed by atoms with Crippen LogP contribution >= 0.6 is 0 Å². The minimum absolute atomic E-state index is 0.153. The molecule has 0 aromatic heterocycles. The second kappa shape index (κ2) is 11.5. The number of rotatable bonds is 8. The third-order valence-corrected chi connectivity index (χ3v) is 10.3. The summed E-state index contributed by atoms with van der Waals surface area (Å²) in [5, 5.41) is 4.85. The van der Waals surface area contributed by atoms with E-state index in [0.29, 0.717) is 0 Å². The van der Waals surface area contributed by atoms with E-state index in [9.17, 15) is 9.59 Å². The molecule has 0 aliphatic carbocycles. The molecule has 0 unspecified atom stereocenters. The number of amides is 1. The van der Waals surface area contributed by atoms with Gasteiger partial charge in [-0.2, -0.15) is 0 Å². The van der Waals surface area contributed by atoms with Gasteiger partial charge in [-0.05, 0) is 36.2 Å². The van der Waals surface area contributed by atoms with Crippen LogP contribution in [0.3, 0.4) is 0 Å². The maximum Gasteiger partial charge on any atom is 0.408 e. The fraction of sp³-hybridized carbons (Fsp3) is 0.407. The van der Waals surface area contributed by atoms with Crippen molar-refractivity contribution < 1.29 is 23.5 Å². The Bertz CT molecular complexity index is 923. The van der Waals surface area contributed by atoms with E-state index < -0.39 is 32.0 Å². The van der Waals surface area contributed by atoms with Crippen molar-refractivity contribution in [2.75, 3.05) is 13.7 Å². The predicted molar refractivity (Wildman–Crippen MR) is 138 cm³/mol. The quantitative estimate of drug-likeness (QED) is 0.346. The molecule has 1 N–H and O–H groups in total. The maximum atomic E-state index is 12.5. The van der Waals surface area contributed by atoms with Crippen molar-refractivity contribution in [1.82, 2.24) is 5.32 Å². The summed E-state index contributed by atoms with van der Waals surface area (Å²) in [6, 6.07) is 19.9. The molecule has 0 heterocycles. The Labute approximate surface area is 204 Å². The number of carbonyl (C=O) groups excluding carboxylic acids is 2. The van der Waals surface area contributed by atoms with Crippen LogP contribution in [0.1, 0.15) is 41.5 Å². The van der Waals surface area contributed by atoms with E-state index in [1.807, 2.05) is 36.4 Å². The highest BCUT2D eigenvalue weighted by molar-refractivity contribution is 6.99. The maximum absolute atomic E-state index is 12.5. The van der Waals surface area contributed by atoms with Crippen molar-refractivity contribution in [3.05, 3.63) is 72.8 Å². The monoisotopic (exact) mass is 483 g/mol. The summed E-state index contributed by atoms with van der Waals surface area (Å²) in [7, 11) is -1.51. The van der Waals surface area contributed by atoms with Gasteiger partial charge in [-0.15, -0.1) is 0 Å². The Morgan fingerprint density at radius 2 is 1.41 bits per heavy atom. The van der Waals surface area contributed by atoms with E-state index in [0.717, 1.165) is 10.4 Å². The van der Waals surface area contributed by atoms with Gasteiger partial charge < -0.3 is 19.2 Å². The van der Waals surface area contributed by atoms with E-state index in [4.69, 9.17) is 13.9 Å². The first kappa shape index (κ1) is 27.3. The SMILES string of the molecule is COC(=O)/C=C/[C@H](CO[Si](c1ccccc1)(c1ccccc1)C(C)(C)C)NC(=O)OC(C)(C)C. The summed E-state index contributed by atoms with van der Waals surface area (Å²) in [6.07, 6.45) is 2.28. The zero-order valence-corrected chi connectivity index (χ0v) is 22.3. The summed E-state index contributed by atoms with van der Waals surface area (Å²) < 4.78 is 17.0. The molecule has 2 rings (SSSR count). The average Bonchev–Trinajstić information content (AvgIpc) is 2.76. The van der Waals surface area contributed by atoms with Crippen LogP contribution < -0.4 is 15.7 Å². The molecule has 6 nitrogen and oxygen atoms in total. The van der Waals surface area contributed by atoms with Crippen molar-refractivity contribution in [2.24, 2.45) is 0 Å². The topological polar surface area (TPSA) is 73.9 Å². The number of carbonyl (C=O) groups is 2. The molecule has 0 aliphatic rings. The van der Waals surface area contributed by atoms with Gasteiger partial charge in [-0.25, -0.2) is 9.59 Å². The van der Waals surface area contributed by atoms with E-state index in [1.54, 1.807) is 26.8 Å². The first-order valence-electron chi connectivity index (χ1n) is 11.4. The molecule has 7 heteroatoms. The molecule has 0 saturated heterocycles. The molecule has 1 atom stereocenters. The summed E-state index contributed by atoms with van der Waals surface area (Å²) in [5.74, 6) is -0.513. The fourth-order valence-electron chi connectivity index (χ4n) is 3.84. The molecule has 0 radical (unpaired) electrons. The Kier molecular flexibility index (Phi) is 9.24. The number of nitrogens with one attached hydrogen (secondary N) is 1. The highest BCUT2D eigenvalue weighted by Gasteiger charge is 2.50. The number of hydrogen-bond donors (Lipinski definition) is 1. The number of ether oxygens (including phenoxy) is 2. The van der Waals surface area contributed by atoms with Gasteiger partial charge >= 0.3 is 12.1 Å². The molecule has 0 spiro atoms. The van der Waals surface area contributed by atoms with E-state index in [2.05, 4.69) is 50.4 Å².